The fraction of sp³-hybridized carbons (Fsp3) is 0.208. The Morgan fingerprint density at radius 2 is 2.00 bits per heavy atom. The van der Waals surface area contributed by atoms with Crippen molar-refractivity contribution in [2.24, 2.45) is 0 Å². The molecule has 2 aromatic heterocycles. The summed E-state index contributed by atoms with van der Waals surface area (Å²) in [6.45, 7) is 8.69. The maximum absolute atomic E-state index is 5.97. The number of rotatable bonds is 6. The average molecular weight is 415 g/mol. The zero-order valence-electron chi connectivity index (χ0n) is 17.9. The number of methoxy groups -OCH3 is 1. The van der Waals surface area contributed by atoms with Crippen LogP contribution in [0.5, 0.6) is 11.5 Å². The Morgan fingerprint density at radius 1 is 1.13 bits per heavy atom. The maximum atomic E-state index is 5.97. The van der Waals surface area contributed by atoms with Crippen LogP contribution in [0.25, 0.3) is 6.08 Å². The van der Waals surface area contributed by atoms with Crippen molar-refractivity contribution < 1.29 is 9.47 Å². The lowest BCUT2D eigenvalue weighted by atomic mass is 10.1. The molecule has 0 aliphatic carbocycles. The normalized spacial score (nSPS) is 12.7. The lowest BCUT2D eigenvalue weighted by Crippen LogP contribution is -2.05. The average Bonchev–Trinajstić information content (AvgIpc) is 3.00. The van der Waals surface area contributed by atoms with Crippen molar-refractivity contribution in [1.82, 2.24) is 15.0 Å². The molecule has 4 rings (SSSR count). The summed E-state index contributed by atoms with van der Waals surface area (Å²) in [4.78, 5) is 13.1. The number of aryl methyl sites for hydroxylation is 2. The fourth-order valence-corrected chi connectivity index (χ4v) is 3.31. The molecule has 0 saturated carbocycles. The van der Waals surface area contributed by atoms with Gasteiger partial charge in [-0.25, -0.2) is 9.97 Å². The Labute approximate surface area is 181 Å². The Morgan fingerprint density at radius 3 is 2.74 bits per heavy atom. The van der Waals surface area contributed by atoms with Crippen molar-refractivity contribution in [1.29, 1.82) is 0 Å². The number of hydrogen-bond donors (Lipinski definition) is 2. The van der Waals surface area contributed by atoms with E-state index in [0.717, 1.165) is 52.6 Å². The molecule has 0 spiro atoms. The molecule has 0 amide bonds. The molecule has 31 heavy (non-hydrogen) atoms. The highest BCUT2D eigenvalue weighted by atomic mass is 16.5. The molecule has 2 N–H and O–H groups in total. The largest absolute Gasteiger partial charge is 0.497 e. The van der Waals surface area contributed by atoms with Gasteiger partial charge in [-0.05, 0) is 67.8 Å². The summed E-state index contributed by atoms with van der Waals surface area (Å²) < 4.78 is 11.3. The third kappa shape index (κ3) is 4.66. The molecule has 158 valence electrons. The predicted octanol–water partition coefficient (Wildman–Crippen LogP) is 5.38. The summed E-state index contributed by atoms with van der Waals surface area (Å²) in [5, 5.41) is 6.75. The number of pyridine rings is 1. The van der Waals surface area contributed by atoms with Crippen molar-refractivity contribution in [3.8, 4) is 11.5 Å². The molecule has 0 saturated heterocycles. The monoisotopic (exact) mass is 415 g/mol. The zero-order chi connectivity index (χ0) is 21.8. The van der Waals surface area contributed by atoms with Gasteiger partial charge in [-0.15, -0.1) is 0 Å². The highest BCUT2D eigenvalue weighted by molar-refractivity contribution is 5.79. The lowest BCUT2D eigenvalue weighted by molar-refractivity contribution is 0.301. The smallest absolute Gasteiger partial charge is 0.145 e. The van der Waals surface area contributed by atoms with Gasteiger partial charge in [0.2, 0.25) is 0 Å². The third-order valence-corrected chi connectivity index (χ3v) is 5.04. The SMILES string of the molecule is C=C(OC)C1=Cc2c(ncnc2Nc2ccc(Oc3ccc(C)nc3)c(C)c2)NCC1. The van der Waals surface area contributed by atoms with Gasteiger partial charge in [0, 0.05) is 17.9 Å². The molecule has 1 aliphatic rings. The first-order valence-electron chi connectivity index (χ1n) is 10.0. The number of nitrogens with zero attached hydrogens (tertiary/aromatic N) is 3. The van der Waals surface area contributed by atoms with E-state index in [9.17, 15) is 0 Å². The zero-order valence-corrected chi connectivity index (χ0v) is 17.9. The molecular weight excluding hydrogens is 390 g/mol. The van der Waals surface area contributed by atoms with Crippen LogP contribution < -0.4 is 15.4 Å². The number of benzene rings is 1. The van der Waals surface area contributed by atoms with Gasteiger partial charge in [0.1, 0.15) is 35.2 Å². The number of anilines is 3. The van der Waals surface area contributed by atoms with Crippen molar-refractivity contribution in [3.05, 3.63) is 77.6 Å². The van der Waals surface area contributed by atoms with E-state index >= 15 is 0 Å². The minimum Gasteiger partial charge on any atom is -0.497 e. The van der Waals surface area contributed by atoms with E-state index in [1.54, 1.807) is 19.6 Å². The van der Waals surface area contributed by atoms with Crippen LogP contribution in [0.15, 0.2) is 60.8 Å². The second kappa shape index (κ2) is 8.87. The van der Waals surface area contributed by atoms with Crippen LogP contribution in [-0.4, -0.2) is 28.6 Å². The Hall–Kier alpha value is -3.87. The van der Waals surface area contributed by atoms with Crippen LogP contribution in [0.1, 0.15) is 23.2 Å². The van der Waals surface area contributed by atoms with Gasteiger partial charge < -0.3 is 20.1 Å². The molecule has 0 unspecified atom stereocenters. The van der Waals surface area contributed by atoms with E-state index in [2.05, 4.69) is 32.2 Å². The van der Waals surface area contributed by atoms with E-state index in [-0.39, 0.29) is 0 Å². The van der Waals surface area contributed by atoms with Gasteiger partial charge in [0.15, 0.2) is 0 Å². The number of fused-ring (bicyclic) bond motifs is 1. The van der Waals surface area contributed by atoms with Crippen molar-refractivity contribution in [3.63, 3.8) is 0 Å². The maximum Gasteiger partial charge on any atom is 0.145 e. The summed E-state index contributed by atoms with van der Waals surface area (Å²) in [6.07, 6.45) is 6.09. The van der Waals surface area contributed by atoms with E-state index < -0.39 is 0 Å². The standard InChI is InChI=1S/C24H25N5O2/c1-15-11-19(6-8-22(15)31-20-7-5-16(2)26-13-20)29-24-21-12-18(17(3)30-4)9-10-25-23(21)27-14-28-24/h5-8,11-14H,3,9-10H2,1-2,4H3,(H2,25,27,28,29). The second-order valence-electron chi connectivity index (χ2n) is 7.30. The molecule has 7 heteroatoms. The summed E-state index contributed by atoms with van der Waals surface area (Å²) in [6, 6.07) is 9.75. The number of allylic oxidation sites excluding steroid dienone is 1. The summed E-state index contributed by atoms with van der Waals surface area (Å²) >= 11 is 0. The van der Waals surface area contributed by atoms with Crippen molar-refractivity contribution >= 4 is 23.4 Å². The highest BCUT2D eigenvalue weighted by Gasteiger charge is 2.16. The van der Waals surface area contributed by atoms with Crippen LogP contribution in [0, 0.1) is 13.8 Å². The highest BCUT2D eigenvalue weighted by Crippen LogP contribution is 2.32. The molecule has 3 aromatic rings. The molecule has 0 bridgehead atoms. The molecule has 0 atom stereocenters. The van der Waals surface area contributed by atoms with Gasteiger partial charge >= 0.3 is 0 Å². The minimum absolute atomic E-state index is 0.646. The van der Waals surface area contributed by atoms with Gasteiger partial charge in [0.25, 0.3) is 0 Å². The fourth-order valence-electron chi connectivity index (χ4n) is 3.31. The van der Waals surface area contributed by atoms with Gasteiger partial charge in [0.05, 0.1) is 18.9 Å². The Bertz CT molecular complexity index is 1140. The molecular formula is C24H25N5O2. The first-order valence-corrected chi connectivity index (χ1v) is 10.0. The van der Waals surface area contributed by atoms with Crippen molar-refractivity contribution in [2.75, 3.05) is 24.3 Å². The van der Waals surface area contributed by atoms with Crippen LogP contribution in [-0.2, 0) is 4.74 Å². The minimum atomic E-state index is 0.646. The quantitative estimate of drug-likeness (QED) is 0.523. The molecule has 1 aliphatic heterocycles. The van der Waals surface area contributed by atoms with Gasteiger partial charge in [-0.2, -0.15) is 0 Å². The topological polar surface area (TPSA) is 81.2 Å². The van der Waals surface area contributed by atoms with Crippen LogP contribution in [0.4, 0.5) is 17.3 Å². The Kier molecular flexibility index (Phi) is 5.84. The number of aromatic nitrogens is 3. The van der Waals surface area contributed by atoms with Crippen LogP contribution in [0.3, 0.4) is 0 Å². The molecule has 1 aromatic carbocycles. The number of nitrogens with one attached hydrogen (secondary N) is 2. The predicted molar refractivity (Wildman–Crippen MR) is 123 cm³/mol. The summed E-state index contributed by atoms with van der Waals surface area (Å²) in [5.41, 5.74) is 4.73. The van der Waals surface area contributed by atoms with Gasteiger partial charge in [-0.1, -0.05) is 6.58 Å². The summed E-state index contributed by atoms with van der Waals surface area (Å²) in [7, 11) is 1.63. The molecule has 7 nitrogen and oxygen atoms in total. The number of hydrogen-bond acceptors (Lipinski definition) is 7. The first-order chi connectivity index (χ1) is 15.0. The number of ether oxygens (including phenoxy) is 2. The van der Waals surface area contributed by atoms with Crippen LogP contribution in [0.2, 0.25) is 0 Å². The molecule has 0 radical (unpaired) electrons. The van der Waals surface area contributed by atoms with E-state index in [4.69, 9.17) is 9.47 Å². The second-order valence-corrected chi connectivity index (χ2v) is 7.30. The molecule has 3 heterocycles. The first kappa shape index (κ1) is 20.4. The van der Waals surface area contributed by atoms with E-state index in [0.29, 0.717) is 17.3 Å². The third-order valence-electron chi connectivity index (χ3n) is 5.04. The Balaban J connectivity index is 1.59. The summed E-state index contributed by atoms with van der Waals surface area (Å²) in [5.74, 6) is 3.61. The van der Waals surface area contributed by atoms with Crippen molar-refractivity contribution in [2.45, 2.75) is 20.3 Å². The lowest BCUT2D eigenvalue weighted by Gasteiger charge is -2.14. The van der Waals surface area contributed by atoms with E-state index in [1.165, 1.54) is 0 Å². The van der Waals surface area contributed by atoms with E-state index in [1.807, 2.05) is 50.3 Å². The molecule has 0 fully saturated rings. The van der Waals surface area contributed by atoms with Crippen LogP contribution >= 0.6 is 0 Å². The van der Waals surface area contributed by atoms with Gasteiger partial charge in [-0.3, -0.25) is 4.98 Å².